The van der Waals surface area contributed by atoms with Crippen LogP contribution in [-0.2, 0) is 17.8 Å². The summed E-state index contributed by atoms with van der Waals surface area (Å²) in [4.78, 5) is 11.2. The van der Waals surface area contributed by atoms with Crippen molar-refractivity contribution < 1.29 is 9.90 Å². The second-order valence-corrected chi connectivity index (χ2v) is 3.56. The number of benzene rings is 1. The number of aliphatic hydroxyl groups is 1. The van der Waals surface area contributed by atoms with Crippen molar-refractivity contribution in [3.8, 4) is 0 Å². The first-order valence-electron chi connectivity index (χ1n) is 4.49. The van der Waals surface area contributed by atoms with E-state index < -0.39 is 0 Å². The van der Waals surface area contributed by atoms with Crippen molar-refractivity contribution >= 4 is 18.4 Å². The zero-order valence-electron chi connectivity index (χ0n) is 8.16. The Balaban J connectivity index is 2.98. The number of Topliss-reactive ketones (excluding diaryl/α,β-unsaturated/α-hetero) is 1. The van der Waals surface area contributed by atoms with Crippen molar-refractivity contribution in [1.82, 2.24) is 0 Å². The van der Waals surface area contributed by atoms with E-state index >= 15 is 0 Å². The van der Waals surface area contributed by atoms with Crippen LogP contribution in [0.1, 0.15) is 16.7 Å². The molecule has 0 aliphatic heterocycles. The first-order valence-corrected chi connectivity index (χ1v) is 5.13. The lowest BCUT2D eigenvalue weighted by atomic mass is 9.98. The molecule has 14 heavy (non-hydrogen) atoms. The molecule has 76 valence electrons. The molecule has 0 amide bonds. The number of aliphatic hydroxyl groups excluding tert-OH is 1. The number of aryl methyl sites for hydroxylation is 1. The zero-order chi connectivity index (χ0) is 10.6. The maximum absolute atomic E-state index is 11.2. The summed E-state index contributed by atoms with van der Waals surface area (Å²) in [5.41, 5.74) is 2.82. The third kappa shape index (κ3) is 2.59. The summed E-state index contributed by atoms with van der Waals surface area (Å²) in [6, 6.07) is 5.67. The summed E-state index contributed by atoms with van der Waals surface area (Å²) in [5, 5.41) is 9.10. The van der Waals surface area contributed by atoms with Gasteiger partial charge in [0.05, 0.1) is 6.61 Å². The number of carbonyl (C=O) groups excluding carboxylic acids is 1. The highest BCUT2D eigenvalue weighted by atomic mass is 32.1. The van der Waals surface area contributed by atoms with E-state index in [4.69, 9.17) is 5.11 Å². The van der Waals surface area contributed by atoms with Crippen molar-refractivity contribution in [2.45, 2.75) is 20.0 Å². The number of carbonyl (C=O) groups is 1. The van der Waals surface area contributed by atoms with E-state index in [1.807, 2.05) is 25.1 Å². The van der Waals surface area contributed by atoms with Gasteiger partial charge in [0.15, 0.2) is 0 Å². The van der Waals surface area contributed by atoms with Gasteiger partial charge in [-0.05, 0) is 23.6 Å². The van der Waals surface area contributed by atoms with Gasteiger partial charge >= 0.3 is 0 Å². The Kier molecular flexibility index (Phi) is 4.17. The molecule has 0 heterocycles. The molecule has 1 aromatic rings. The molecule has 0 bridgehead atoms. The largest absolute Gasteiger partial charge is 0.392 e. The van der Waals surface area contributed by atoms with E-state index in [2.05, 4.69) is 12.6 Å². The highest BCUT2D eigenvalue weighted by molar-refractivity contribution is 7.81. The molecule has 0 aliphatic carbocycles. The van der Waals surface area contributed by atoms with Crippen LogP contribution in [0.3, 0.4) is 0 Å². The molecule has 0 saturated heterocycles. The molecule has 1 rings (SSSR count). The van der Waals surface area contributed by atoms with Gasteiger partial charge in [0.25, 0.3) is 0 Å². The summed E-state index contributed by atoms with van der Waals surface area (Å²) < 4.78 is 0. The van der Waals surface area contributed by atoms with Crippen molar-refractivity contribution in [1.29, 1.82) is 0 Å². The van der Waals surface area contributed by atoms with E-state index in [0.29, 0.717) is 6.42 Å². The molecular formula is C11H14O2S. The van der Waals surface area contributed by atoms with Gasteiger partial charge in [0.1, 0.15) is 5.78 Å². The molecule has 0 saturated carbocycles. The van der Waals surface area contributed by atoms with Gasteiger partial charge in [0, 0.05) is 12.2 Å². The number of hydrogen-bond donors (Lipinski definition) is 2. The second kappa shape index (κ2) is 5.17. The lowest BCUT2D eigenvalue weighted by Crippen LogP contribution is -2.08. The molecule has 0 spiro atoms. The van der Waals surface area contributed by atoms with Crippen LogP contribution in [0.5, 0.6) is 0 Å². The van der Waals surface area contributed by atoms with Crippen molar-refractivity contribution in [2.75, 3.05) is 5.75 Å². The Morgan fingerprint density at radius 3 is 2.79 bits per heavy atom. The Hall–Kier alpha value is -0.800. The van der Waals surface area contributed by atoms with E-state index in [-0.39, 0.29) is 18.1 Å². The molecule has 0 fully saturated rings. The predicted octanol–water partition coefficient (Wildman–Crippen LogP) is 1.53. The number of ketones is 1. The zero-order valence-corrected chi connectivity index (χ0v) is 9.05. The van der Waals surface area contributed by atoms with Crippen LogP contribution in [0, 0.1) is 6.92 Å². The van der Waals surface area contributed by atoms with Gasteiger partial charge in [0.2, 0.25) is 0 Å². The fourth-order valence-electron chi connectivity index (χ4n) is 1.42. The summed E-state index contributed by atoms with van der Waals surface area (Å²) in [7, 11) is 0. The molecular weight excluding hydrogens is 196 g/mol. The molecule has 3 heteroatoms. The second-order valence-electron chi connectivity index (χ2n) is 3.24. The Bertz CT molecular complexity index is 334. The maximum atomic E-state index is 11.2. The van der Waals surface area contributed by atoms with Crippen LogP contribution in [0.25, 0.3) is 0 Å². The Morgan fingerprint density at radius 2 is 2.21 bits per heavy atom. The summed E-state index contributed by atoms with van der Waals surface area (Å²) >= 11 is 3.93. The molecule has 2 nitrogen and oxygen atoms in total. The summed E-state index contributed by atoms with van der Waals surface area (Å²) in [5.74, 6) is 0.330. The first-order chi connectivity index (χ1) is 6.69. The Morgan fingerprint density at radius 1 is 1.50 bits per heavy atom. The van der Waals surface area contributed by atoms with E-state index in [1.54, 1.807) is 0 Å². The monoisotopic (exact) mass is 210 g/mol. The van der Waals surface area contributed by atoms with E-state index in [9.17, 15) is 4.79 Å². The van der Waals surface area contributed by atoms with Gasteiger partial charge in [-0.25, -0.2) is 0 Å². The molecule has 0 unspecified atom stereocenters. The average molecular weight is 210 g/mol. The molecule has 1 aromatic carbocycles. The van der Waals surface area contributed by atoms with Crippen molar-refractivity contribution in [2.24, 2.45) is 0 Å². The molecule has 0 aromatic heterocycles. The van der Waals surface area contributed by atoms with Gasteiger partial charge < -0.3 is 5.11 Å². The standard InChI is InChI=1S/C11H14O2S/c1-8-3-2-4-9(6-12)11(8)5-10(13)7-14/h2-4,12,14H,5-7H2,1H3. The van der Waals surface area contributed by atoms with Crippen LogP contribution >= 0.6 is 12.6 Å². The summed E-state index contributed by atoms with van der Waals surface area (Å²) in [6.45, 7) is 1.93. The van der Waals surface area contributed by atoms with Gasteiger partial charge in [-0.2, -0.15) is 12.6 Å². The minimum absolute atomic E-state index is 0.0170. The van der Waals surface area contributed by atoms with E-state index in [0.717, 1.165) is 16.7 Å². The summed E-state index contributed by atoms with van der Waals surface area (Å²) in [6.07, 6.45) is 0.367. The minimum Gasteiger partial charge on any atom is -0.392 e. The van der Waals surface area contributed by atoms with Crippen molar-refractivity contribution in [3.63, 3.8) is 0 Å². The number of hydrogen-bond acceptors (Lipinski definition) is 3. The fourth-order valence-corrected chi connectivity index (χ4v) is 1.53. The number of thiol groups is 1. The van der Waals surface area contributed by atoms with Gasteiger partial charge in [-0.3, -0.25) is 4.79 Å². The predicted molar refractivity (Wildman–Crippen MR) is 59.7 cm³/mol. The third-order valence-corrected chi connectivity index (χ3v) is 2.58. The van der Waals surface area contributed by atoms with Crippen LogP contribution in [0.2, 0.25) is 0 Å². The van der Waals surface area contributed by atoms with Gasteiger partial charge in [-0.1, -0.05) is 18.2 Å². The average Bonchev–Trinajstić information content (AvgIpc) is 2.20. The van der Waals surface area contributed by atoms with Crippen LogP contribution < -0.4 is 0 Å². The van der Waals surface area contributed by atoms with Crippen LogP contribution in [0.15, 0.2) is 18.2 Å². The molecule has 0 atom stereocenters. The molecule has 0 aliphatic rings. The SMILES string of the molecule is Cc1cccc(CO)c1CC(=O)CS. The van der Waals surface area contributed by atoms with Crippen LogP contribution in [0.4, 0.5) is 0 Å². The topological polar surface area (TPSA) is 37.3 Å². The molecule has 0 radical (unpaired) electrons. The maximum Gasteiger partial charge on any atom is 0.146 e. The first kappa shape index (κ1) is 11.3. The third-order valence-electron chi connectivity index (χ3n) is 2.23. The highest BCUT2D eigenvalue weighted by Gasteiger charge is 2.08. The lowest BCUT2D eigenvalue weighted by molar-refractivity contribution is -0.116. The quantitative estimate of drug-likeness (QED) is 0.739. The minimum atomic E-state index is -0.0170. The Labute approximate surface area is 89.4 Å². The smallest absolute Gasteiger partial charge is 0.146 e. The number of rotatable bonds is 4. The normalized spacial score (nSPS) is 10.2. The van der Waals surface area contributed by atoms with E-state index in [1.165, 1.54) is 0 Å². The highest BCUT2D eigenvalue weighted by Crippen LogP contribution is 2.15. The van der Waals surface area contributed by atoms with Crippen LogP contribution in [-0.4, -0.2) is 16.6 Å². The van der Waals surface area contributed by atoms with Gasteiger partial charge in [-0.15, -0.1) is 0 Å². The molecule has 1 N–H and O–H groups in total. The lowest BCUT2D eigenvalue weighted by Gasteiger charge is -2.09. The fraction of sp³-hybridized carbons (Fsp3) is 0.364. The van der Waals surface area contributed by atoms with Crippen molar-refractivity contribution in [3.05, 3.63) is 34.9 Å².